The van der Waals surface area contributed by atoms with Crippen molar-refractivity contribution in [2.75, 3.05) is 13.1 Å². The van der Waals surface area contributed by atoms with Gasteiger partial charge in [0.1, 0.15) is 0 Å². The Hall–Kier alpha value is -1.46. The van der Waals surface area contributed by atoms with Crippen LogP contribution >= 0.6 is 0 Å². The summed E-state index contributed by atoms with van der Waals surface area (Å²) in [5.41, 5.74) is 0. The molecule has 1 amide bonds. The third kappa shape index (κ3) is 2.51. The summed E-state index contributed by atoms with van der Waals surface area (Å²) in [7, 11) is 0. The van der Waals surface area contributed by atoms with Crippen molar-refractivity contribution >= 4 is 5.91 Å². The van der Waals surface area contributed by atoms with Gasteiger partial charge in [0.05, 0.1) is 0 Å². The third-order valence-corrected chi connectivity index (χ3v) is 2.68. The predicted molar refractivity (Wildman–Crippen MR) is 53.2 cm³/mol. The number of tetrazole rings is 1. The molecule has 1 aliphatic rings. The highest BCUT2D eigenvalue weighted by Crippen LogP contribution is 2.11. The molecule has 0 atom stereocenters. The Morgan fingerprint density at radius 3 is 2.40 bits per heavy atom. The second kappa shape index (κ2) is 4.86. The van der Waals surface area contributed by atoms with Gasteiger partial charge in [0.25, 0.3) is 11.7 Å². The van der Waals surface area contributed by atoms with Gasteiger partial charge < -0.3 is 4.90 Å². The Balaban J connectivity index is 1.98. The van der Waals surface area contributed by atoms with E-state index in [1.165, 1.54) is 19.3 Å². The van der Waals surface area contributed by atoms with Crippen LogP contribution in [0.2, 0.25) is 0 Å². The number of hydrogen-bond donors (Lipinski definition) is 1. The van der Waals surface area contributed by atoms with Gasteiger partial charge in [-0.2, -0.15) is 5.21 Å². The van der Waals surface area contributed by atoms with E-state index in [0.29, 0.717) is 0 Å². The zero-order valence-corrected chi connectivity index (χ0v) is 8.65. The predicted octanol–water partition coefficient (Wildman–Crippen LogP) is 0.606. The summed E-state index contributed by atoms with van der Waals surface area (Å²) in [6.45, 7) is 1.63. The Morgan fingerprint density at radius 1 is 1.13 bits per heavy atom. The van der Waals surface area contributed by atoms with E-state index in [-0.39, 0.29) is 11.7 Å². The van der Waals surface area contributed by atoms with Gasteiger partial charge in [-0.15, -0.1) is 10.2 Å². The number of rotatable bonds is 1. The summed E-state index contributed by atoms with van der Waals surface area (Å²) in [6, 6.07) is 0. The molecule has 0 aromatic carbocycles. The van der Waals surface area contributed by atoms with Crippen molar-refractivity contribution in [2.45, 2.75) is 32.1 Å². The van der Waals surface area contributed by atoms with Crippen LogP contribution in [0.25, 0.3) is 0 Å². The van der Waals surface area contributed by atoms with Crippen molar-refractivity contribution < 1.29 is 4.79 Å². The van der Waals surface area contributed by atoms with Gasteiger partial charge in [0, 0.05) is 13.1 Å². The largest absolute Gasteiger partial charge is 0.336 e. The van der Waals surface area contributed by atoms with E-state index in [1.807, 2.05) is 4.90 Å². The van der Waals surface area contributed by atoms with Gasteiger partial charge in [-0.3, -0.25) is 4.79 Å². The van der Waals surface area contributed by atoms with E-state index in [0.717, 1.165) is 25.9 Å². The number of aromatic nitrogens is 4. The second-order valence-corrected chi connectivity index (χ2v) is 3.80. The Labute approximate surface area is 88.0 Å². The van der Waals surface area contributed by atoms with Crippen molar-refractivity contribution in [2.24, 2.45) is 0 Å². The van der Waals surface area contributed by atoms with E-state index < -0.39 is 0 Å². The summed E-state index contributed by atoms with van der Waals surface area (Å²) < 4.78 is 0. The second-order valence-electron chi connectivity index (χ2n) is 3.80. The molecule has 1 aromatic rings. The Morgan fingerprint density at radius 2 is 1.80 bits per heavy atom. The molecule has 2 rings (SSSR count). The number of H-pyrrole nitrogens is 1. The molecule has 2 heterocycles. The number of aromatic amines is 1. The van der Waals surface area contributed by atoms with E-state index in [9.17, 15) is 4.79 Å². The smallest absolute Gasteiger partial charge is 0.295 e. The summed E-state index contributed by atoms with van der Waals surface area (Å²) in [5.74, 6) is 0.0706. The minimum atomic E-state index is -0.106. The molecule has 0 saturated carbocycles. The van der Waals surface area contributed by atoms with Crippen LogP contribution in [0.5, 0.6) is 0 Å². The number of carbonyl (C=O) groups excluding carboxylic acids is 1. The molecule has 6 nitrogen and oxygen atoms in total. The number of nitrogens with one attached hydrogen (secondary N) is 1. The van der Waals surface area contributed by atoms with Crippen LogP contribution < -0.4 is 0 Å². The first-order valence-corrected chi connectivity index (χ1v) is 5.40. The van der Waals surface area contributed by atoms with E-state index in [4.69, 9.17) is 0 Å². The number of nitrogens with zero attached hydrogens (tertiary/aromatic N) is 4. The molecule has 0 aliphatic carbocycles. The van der Waals surface area contributed by atoms with Crippen LogP contribution in [0, 0.1) is 0 Å². The lowest BCUT2D eigenvalue weighted by Crippen LogP contribution is -2.34. The van der Waals surface area contributed by atoms with Gasteiger partial charge in [-0.05, 0) is 18.1 Å². The highest BCUT2D eigenvalue weighted by Gasteiger charge is 2.19. The average Bonchev–Trinajstić information content (AvgIpc) is 2.68. The van der Waals surface area contributed by atoms with Gasteiger partial charge in [0.2, 0.25) is 0 Å². The molecule has 0 bridgehead atoms. The van der Waals surface area contributed by atoms with Crippen LogP contribution in [0.3, 0.4) is 0 Å². The Kier molecular flexibility index (Phi) is 3.26. The zero-order chi connectivity index (χ0) is 10.5. The van der Waals surface area contributed by atoms with E-state index >= 15 is 0 Å². The number of likely N-dealkylation sites (tertiary alicyclic amines) is 1. The third-order valence-electron chi connectivity index (χ3n) is 2.68. The lowest BCUT2D eigenvalue weighted by Gasteiger charge is -2.23. The minimum absolute atomic E-state index is 0.106. The standard InChI is InChI=1S/C9H15N5O/c15-9(8-10-12-13-11-8)14-6-4-2-1-3-5-7-14/h1-7H2,(H,10,11,12,13). The van der Waals surface area contributed by atoms with Crippen LogP contribution in [-0.4, -0.2) is 44.5 Å². The topological polar surface area (TPSA) is 74.8 Å². The molecule has 6 heteroatoms. The minimum Gasteiger partial charge on any atom is -0.336 e. The molecule has 1 saturated heterocycles. The summed E-state index contributed by atoms with van der Waals surface area (Å²) in [4.78, 5) is 13.7. The number of hydrogen-bond acceptors (Lipinski definition) is 4. The highest BCUT2D eigenvalue weighted by atomic mass is 16.2. The molecule has 1 N–H and O–H groups in total. The number of amides is 1. The first-order valence-electron chi connectivity index (χ1n) is 5.40. The maximum absolute atomic E-state index is 11.9. The van der Waals surface area contributed by atoms with Crippen LogP contribution in [0.15, 0.2) is 0 Å². The average molecular weight is 209 g/mol. The van der Waals surface area contributed by atoms with E-state index in [1.54, 1.807) is 0 Å². The molecule has 15 heavy (non-hydrogen) atoms. The Bertz CT molecular complexity index is 302. The SMILES string of the molecule is O=C(c1nn[nH]n1)N1CCCCCCC1. The summed E-state index contributed by atoms with van der Waals surface area (Å²) in [6.07, 6.45) is 5.84. The van der Waals surface area contributed by atoms with Gasteiger partial charge in [0.15, 0.2) is 0 Å². The molecular formula is C9H15N5O. The lowest BCUT2D eigenvalue weighted by molar-refractivity contribution is 0.0730. The maximum atomic E-state index is 11.9. The fraction of sp³-hybridized carbons (Fsp3) is 0.778. The fourth-order valence-electron chi connectivity index (χ4n) is 1.84. The first-order chi connectivity index (χ1) is 7.38. The molecule has 0 unspecified atom stereocenters. The van der Waals surface area contributed by atoms with Crippen molar-refractivity contribution in [3.8, 4) is 0 Å². The fourth-order valence-corrected chi connectivity index (χ4v) is 1.84. The van der Waals surface area contributed by atoms with Crippen molar-refractivity contribution in [3.63, 3.8) is 0 Å². The molecule has 0 radical (unpaired) electrons. The molecule has 0 spiro atoms. The van der Waals surface area contributed by atoms with Gasteiger partial charge in [-0.1, -0.05) is 19.3 Å². The molecule has 82 valence electrons. The first kappa shape index (κ1) is 10.1. The molecule has 1 aromatic heterocycles. The summed E-state index contributed by atoms with van der Waals surface area (Å²) >= 11 is 0. The van der Waals surface area contributed by atoms with Crippen molar-refractivity contribution in [3.05, 3.63) is 5.82 Å². The molecular weight excluding hydrogens is 194 g/mol. The molecule has 1 fully saturated rings. The lowest BCUT2D eigenvalue weighted by atomic mass is 10.1. The monoisotopic (exact) mass is 209 g/mol. The van der Waals surface area contributed by atoms with Crippen molar-refractivity contribution in [1.29, 1.82) is 0 Å². The molecule has 1 aliphatic heterocycles. The maximum Gasteiger partial charge on any atom is 0.295 e. The number of carbonyl (C=O) groups is 1. The van der Waals surface area contributed by atoms with E-state index in [2.05, 4.69) is 20.6 Å². The normalized spacial score (nSPS) is 18.3. The quantitative estimate of drug-likeness (QED) is 0.735. The van der Waals surface area contributed by atoms with Crippen LogP contribution in [0.1, 0.15) is 42.7 Å². The highest BCUT2D eigenvalue weighted by molar-refractivity contribution is 5.90. The summed E-state index contributed by atoms with van der Waals surface area (Å²) in [5, 5.41) is 13.1. The van der Waals surface area contributed by atoms with Gasteiger partial charge in [-0.25, -0.2) is 0 Å². The van der Waals surface area contributed by atoms with Gasteiger partial charge >= 0.3 is 0 Å². The zero-order valence-electron chi connectivity index (χ0n) is 8.65. The van der Waals surface area contributed by atoms with Crippen molar-refractivity contribution in [1.82, 2.24) is 25.5 Å². The van der Waals surface area contributed by atoms with Crippen LogP contribution in [-0.2, 0) is 0 Å². The van der Waals surface area contributed by atoms with Crippen LogP contribution in [0.4, 0.5) is 0 Å².